The number of Topliss-reactive ketones (excluding diaryl/α,β-unsaturated/α-hetero) is 1. The maximum absolute atomic E-state index is 12.0. The summed E-state index contributed by atoms with van der Waals surface area (Å²) >= 11 is 0. The number of carbonyl (C=O) groups excluding carboxylic acids is 1. The zero-order valence-electron chi connectivity index (χ0n) is 11.7. The minimum Gasteiger partial charge on any atom is -0.298 e. The standard InChI is InChI=1S/C16H23NO/c1-4-13-7-9-14(10-8-13)12-17-11-5-6-15(18)16(17,2)3/h7-10H,4-6,11-12H2,1-3H3. The molecule has 0 aromatic heterocycles. The predicted octanol–water partition coefficient (Wildman–Crippen LogP) is 3.19. The van der Waals surface area contributed by atoms with Gasteiger partial charge in [0, 0.05) is 13.0 Å². The van der Waals surface area contributed by atoms with Crippen LogP contribution >= 0.6 is 0 Å². The predicted molar refractivity (Wildman–Crippen MR) is 74.6 cm³/mol. The normalized spacial score (nSPS) is 20.1. The minimum atomic E-state index is -0.304. The molecule has 0 saturated carbocycles. The van der Waals surface area contributed by atoms with Gasteiger partial charge in [-0.3, -0.25) is 9.69 Å². The number of piperidine rings is 1. The first-order chi connectivity index (χ1) is 8.54. The first-order valence-corrected chi connectivity index (χ1v) is 6.90. The van der Waals surface area contributed by atoms with Gasteiger partial charge < -0.3 is 0 Å². The first kappa shape index (κ1) is 13.3. The number of hydrogen-bond acceptors (Lipinski definition) is 2. The van der Waals surface area contributed by atoms with Crippen molar-refractivity contribution in [2.24, 2.45) is 0 Å². The third kappa shape index (κ3) is 2.64. The lowest BCUT2D eigenvalue weighted by Crippen LogP contribution is -2.53. The lowest BCUT2D eigenvalue weighted by molar-refractivity contribution is -0.133. The van der Waals surface area contributed by atoms with Crippen LogP contribution in [-0.2, 0) is 17.8 Å². The quantitative estimate of drug-likeness (QED) is 0.815. The van der Waals surface area contributed by atoms with E-state index < -0.39 is 0 Å². The number of aryl methyl sites for hydroxylation is 1. The van der Waals surface area contributed by atoms with E-state index in [4.69, 9.17) is 0 Å². The highest BCUT2D eigenvalue weighted by Gasteiger charge is 2.36. The van der Waals surface area contributed by atoms with Crippen molar-refractivity contribution in [1.82, 2.24) is 4.90 Å². The van der Waals surface area contributed by atoms with Crippen LogP contribution in [0.25, 0.3) is 0 Å². The zero-order chi connectivity index (χ0) is 13.2. The zero-order valence-corrected chi connectivity index (χ0v) is 11.7. The van der Waals surface area contributed by atoms with Gasteiger partial charge in [-0.1, -0.05) is 31.2 Å². The maximum atomic E-state index is 12.0. The van der Waals surface area contributed by atoms with Crippen LogP contribution < -0.4 is 0 Å². The van der Waals surface area contributed by atoms with Crippen LogP contribution in [0.1, 0.15) is 44.7 Å². The highest BCUT2D eigenvalue weighted by Crippen LogP contribution is 2.26. The fourth-order valence-corrected chi connectivity index (χ4v) is 2.57. The van der Waals surface area contributed by atoms with E-state index in [1.165, 1.54) is 11.1 Å². The lowest BCUT2D eigenvalue weighted by atomic mass is 9.88. The van der Waals surface area contributed by atoms with E-state index in [0.717, 1.165) is 32.4 Å². The summed E-state index contributed by atoms with van der Waals surface area (Å²) in [6.45, 7) is 8.17. The van der Waals surface area contributed by atoms with Gasteiger partial charge in [-0.25, -0.2) is 0 Å². The molecule has 0 amide bonds. The molecular formula is C16H23NO. The van der Waals surface area contributed by atoms with Gasteiger partial charge in [0.1, 0.15) is 0 Å². The molecule has 18 heavy (non-hydrogen) atoms. The van der Waals surface area contributed by atoms with E-state index in [1.807, 2.05) is 0 Å². The summed E-state index contributed by atoms with van der Waals surface area (Å²) in [6, 6.07) is 8.75. The Kier molecular flexibility index (Phi) is 3.86. The number of carbonyl (C=O) groups is 1. The molecule has 1 saturated heterocycles. The van der Waals surface area contributed by atoms with E-state index in [9.17, 15) is 4.79 Å². The number of rotatable bonds is 3. The van der Waals surface area contributed by atoms with Crippen LogP contribution in [0.3, 0.4) is 0 Å². The summed E-state index contributed by atoms with van der Waals surface area (Å²) in [7, 11) is 0. The summed E-state index contributed by atoms with van der Waals surface area (Å²) < 4.78 is 0. The lowest BCUT2D eigenvalue weighted by Gasteiger charge is -2.41. The molecule has 1 aliphatic heterocycles. The Labute approximate surface area is 110 Å². The Hall–Kier alpha value is -1.15. The molecule has 1 aromatic carbocycles. The van der Waals surface area contributed by atoms with Crippen molar-refractivity contribution in [2.45, 2.75) is 52.1 Å². The minimum absolute atomic E-state index is 0.304. The third-order valence-electron chi connectivity index (χ3n) is 4.11. The fraction of sp³-hybridized carbons (Fsp3) is 0.562. The molecule has 2 rings (SSSR count). The average Bonchev–Trinajstić information content (AvgIpc) is 2.36. The molecule has 0 aliphatic carbocycles. The molecule has 0 radical (unpaired) electrons. The van der Waals surface area contributed by atoms with Gasteiger partial charge >= 0.3 is 0 Å². The van der Waals surface area contributed by atoms with Gasteiger partial charge in [0.05, 0.1) is 5.54 Å². The van der Waals surface area contributed by atoms with Gasteiger partial charge in [-0.15, -0.1) is 0 Å². The second-order valence-corrected chi connectivity index (χ2v) is 5.68. The summed E-state index contributed by atoms with van der Waals surface area (Å²) in [5.74, 6) is 0.374. The molecule has 1 heterocycles. The average molecular weight is 245 g/mol. The van der Waals surface area contributed by atoms with Crippen molar-refractivity contribution >= 4 is 5.78 Å². The number of ketones is 1. The van der Waals surface area contributed by atoms with Crippen molar-refractivity contribution in [3.05, 3.63) is 35.4 Å². The number of benzene rings is 1. The Morgan fingerprint density at radius 3 is 2.39 bits per heavy atom. The number of nitrogens with zero attached hydrogens (tertiary/aromatic N) is 1. The smallest absolute Gasteiger partial charge is 0.152 e. The van der Waals surface area contributed by atoms with Gasteiger partial charge in [-0.2, -0.15) is 0 Å². The summed E-state index contributed by atoms with van der Waals surface area (Å²) in [5, 5.41) is 0. The summed E-state index contributed by atoms with van der Waals surface area (Å²) in [6.07, 6.45) is 2.81. The first-order valence-electron chi connectivity index (χ1n) is 6.90. The molecule has 0 spiro atoms. The van der Waals surface area contributed by atoms with Gasteiger partial charge in [0.15, 0.2) is 5.78 Å². The summed E-state index contributed by atoms with van der Waals surface area (Å²) in [4.78, 5) is 14.3. The molecule has 98 valence electrons. The Morgan fingerprint density at radius 2 is 1.78 bits per heavy atom. The van der Waals surface area contributed by atoms with Crippen LogP contribution in [0, 0.1) is 0 Å². The second kappa shape index (κ2) is 5.23. The van der Waals surface area contributed by atoms with Crippen molar-refractivity contribution in [3.63, 3.8) is 0 Å². The number of hydrogen-bond donors (Lipinski definition) is 0. The summed E-state index contributed by atoms with van der Waals surface area (Å²) in [5.41, 5.74) is 2.37. The fourth-order valence-electron chi connectivity index (χ4n) is 2.57. The van der Waals surface area contributed by atoms with Crippen LogP contribution in [0.4, 0.5) is 0 Å². The molecule has 0 atom stereocenters. The second-order valence-electron chi connectivity index (χ2n) is 5.68. The van der Waals surface area contributed by atoms with E-state index in [-0.39, 0.29) is 5.54 Å². The van der Waals surface area contributed by atoms with Crippen LogP contribution in [-0.4, -0.2) is 22.8 Å². The van der Waals surface area contributed by atoms with E-state index in [0.29, 0.717) is 5.78 Å². The van der Waals surface area contributed by atoms with Crippen LogP contribution in [0.15, 0.2) is 24.3 Å². The maximum Gasteiger partial charge on any atom is 0.152 e. The molecule has 1 aromatic rings. The Morgan fingerprint density at radius 1 is 1.17 bits per heavy atom. The van der Waals surface area contributed by atoms with E-state index in [1.54, 1.807) is 0 Å². The van der Waals surface area contributed by atoms with E-state index in [2.05, 4.69) is 49.9 Å². The number of likely N-dealkylation sites (tertiary alicyclic amines) is 1. The van der Waals surface area contributed by atoms with Crippen molar-refractivity contribution in [3.8, 4) is 0 Å². The van der Waals surface area contributed by atoms with Crippen molar-refractivity contribution in [2.75, 3.05) is 6.54 Å². The highest BCUT2D eigenvalue weighted by molar-refractivity contribution is 5.88. The molecule has 1 fully saturated rings. The molecule has 0 N–H and O–H groups in total. The van der Waals surface area contributed by atoms with Crippen LogP contribution in [0.2, 0.25) is 0 Å². The monoisotopic (exact) mass is 245 g/mol. The van der Waals surface area contributed by atoms with Gasteiger partial charge in [0.25, 0.3) is 0 Å². The largest absolute Gasteiger partial charge is 0.298 e. The third-order valence-corrected chi connectivity index (χ3v) is 4.11. The molecule has 0 unspecified atom stereocenters. The Balaban J connectivity index is 2.09. The van der Waals surface area contributed by atoms with E-state index >= 15 is 0 Å². The van der Waals surface area contributed by atoms with Crippen molar-refractivity contribution < 1.29 is 4.79 Å². The molecule has 1 aliphatic rings. The SMILES string of the molecule is CCc1ccc(CN2CCCC(=O)C2(C)C)cc1. The van der Waals surface area contributed by atoms with Gasteiger partial charge in [0.2, 0.25) is 0 Å². The molecule has 2 nitrogen and oxygen atoms in total. The molecule has 0 bridgehead atoms. The van der Waals surface area contributed by atoms with Crippen LogP contribution in [0.5, 0.6) is 0 Å². The highest BCUT2D eigenvalue weighted by atomic mass is 16.1. The Bertz CT molecular complexity index is 419. The topological polar surface area (TPSA) is 20.3 Å². The molecular weight excluding hydrogens is 222 g/mol. The van der Waals surface area contributed by atoms with Gasteiger partial charge in [-0.05, 0) is 44.4 Å². The van der Waals surface area contributed by atoms with Crippen molar-refractivity contribution in [1.29, 1.82) is 0 Å². The molecule has 2 heteroatoms.